The summed E-state index contributed by atoms with van der Waals surface area (Å²) in [7, 11) is 0. The Kier molecular flexibility index (Phi) is 6.25. The molecule has 3 heterocycles. The van der Waals surface area contributed by atoms with Crippen molar-refractivity contribution in [1.82, 2.24) is 20.4 Å². The summed E-state index contributed by atoms with van der Waals surface area (Å²) in [4.78, 5) is 5.21. The molecular formula is C18H30N4. The third-order valence-corrected chi connectivity index (χ3v) is 4.70. The average molecular weight is 302 g/mol. The van der Waals surface area contributed by atoms with Crippen molar-refractivity contribution in [3.05, 3.63) is 35.4 Å². The van der Waals surface area contributed by atoms with Gasteiger partial charge in [0.25, 0.3) is 0 Å². The normalized spacial score (nSPS) is 28.2. The van der Waals surface area contributed by atoms with Crippen LogP contribution in [0.2, 0.25) is 0 Å². The van der Waals surface area contributed by atoms with Gasteiger partial charge in [-0.2, -0.15) is 0 Å². The molecule has 2 N–H and O–H groups in total. The maximum Gasteiger partial charge on any atom is 0.0234 e. The minimum Gasteiger partial charge on any atom is -0.315 e. The van der Waals surface area contributed by atoms with E-state index in [4.69, 9.17) is 0 Å². The monoisotopic (exact) mass is 302 g/mol. The van der Waals surface area contributed by atoms with Crippen molar-refractivity contribution in [2.24, 2.45) is 0 Å². The molecule has 2 unspecified atom stereocenters. The van der Waals surface area contributed by atoms with Gasteiger partial charge >= 0.3 is 0 Å². The molecule has 2 atom stereocenters. The van der Waals surface area contributed by atoms with Gasteiger partial charge in [-0.15, -0.1) is 0 Å². The van der Waals surface area contributed by atoms with Crippen molar-refractivity contribution >= 4 is 0 Å². The maximum atomic E-state index is 3.58. The topological polar surface area (TPSA) is 30.5 Å². The Hall–Kier alpha value is -0.940. The quantitative estimate of drug-likeness (QED) is 0.756. The van der Waals surface area contributed by atoms with E-state index in [1.165, 1.54) is 37.1 Å². The minimum atomic E-state index is 1.09. The molecule has 1 aromatic carbocycles. The lowest BCUT2D eigenvalue weighted by molar-refractivity contribution is 0.217. The first-order valence-electron chi connectivity index (χ1n) is 8.84. The maximum absolute atomic E-state index is 3.58. The molecule has 0 saturated carbocycles. The van der Waals surface area contributed by atoms with Crippen LogP contribution in [0.25, 0.3) is 0 Å². The number of nitrogens with zero attached hydrogens (tertiary/aromatic N) is 2. The fourth-order valence-corrected chi connectivity index (χ4v) is 3.39. The zero-order valence-electron chi connectivity index (χ0n) is 13.7. The van der Waals surface area contributed by atoms with Crippen LogP contribution < -0.4 is 10.6 Å². The van der Waals surface area contributed by atoms with Gasteiger partial charge in [0.05, 0.1) is 0 Å². The minimum absolute atomic E-state index is 1.09. The molecule has 3 aliphatic rings. The van der Waals surface area contributed by atoms with E-state index in [2.05, 4.69) is 44.7 Å². The molecule has 0 amide bonds. The molecule has 4 nitrogen and oxygen atoms in total. The first-order chi connectivity index (χ1) is 10.9. The summed E-state index contributed by atoms with van der Waals surface area (Å²) in [6.45, 7) is 11.3. The van der Waals surface area contributed by atoms with Gasteiger partial charge in [0, 0.05) is 39.3 Å². The lowest BCUT2D eigenvalue weighted by Crippen LogP contribution is -2.37. The van der Waals surface area contributed by atoms with Gasteiger partial charge in [-0.05, 0) is 50.1 Å². The average Bonchev–Trinajstić information content (AvgIpc) is 2.59. The zero-order valence-corrected chi connectivity index (χ0v) is 13.7. The largest absolute Gasteiger partial charge is 0.315 e. The molecule has 0 aromatic heterocycles. The van der Waals surface area contributed by atoms with Crippen molar-refractivity contribution in [2.45, 2.75) is 25.9 Å². The zero-order chi connectivity index (χ0) is 15.0. The molecule has 3 aliphatic heterocycles. The fraction of sp³-hybridized carbons (Fsp3) is 0.667. The summed E-state index contributed by atoms with van der Waals surface area (Å²) >= 11 is 0. The van der Waals surface area contributed by atoms with Gasteiger partial charge in [0.1, 0.15) is 0 Å². The van der Waals surface area contributed by atoms with Crippen LogP contribution in [0.15, 0.2) is 24.3 Å². The smallest absolute Gasteiger partial charge is 0.0234 e. The van der Waals surface area contributed by atoms with Crippen LogP contribution >= 0.6 is 0 Å². The van der Waals surface area contributed by atoms with E-state index >= 15 is 0 Å². The molecule has 0 spiro atoms. The van der Waals surface area contributed by atoms with Crippen molar-refractivity contribution in [3.63, 3.8) is 0 Å². The fourth-order valence-electron chi connectivity index (χ4n) is 3.39. The molecule has 1 aromatic rings. The van der Waals surface area contributed by atoms with Gasteiger partial charge in [0.2, 0.25) is 0 Å². The second-order valence-electron chi connectivity index (χ2n) is 6.58. The van der Waals surface area contributed by atoms with E-state index in [0.29, 0.717) is 0 Å². The van der Waals surface area contributed by atoms with Crippen molar-refractivity contribution in [3.8, 4) is 0 Å². The predicted octanol–water partition coefficient (Wildman–Crippen LogP) is 1.28. The highest BCUT2D eigenvalue weighted by molar-refractivity contribution is 5.22. The summed E-state index contributed by atoms with van der Waals surface area (Å²) in [5.41, 5.74) is 2.89. The molecule has 0 radical (unpaired) electrons. The highest BCUT2D eigenvalue weighted by atomic mass is 15.2. The highest BCUT2D eigenvalue weighted by Gasteiger charge is 2.12. The Labute approximate surface area is 134 Å². The predicted molar refractivity (Wildman–Crippen MR) is 92.0 cm³/mol. The summed E-state index contributed by atoms with van der Waals surface area (Å²) in [6.07, 6.45) is 2.48. The van der Waals surface area contributed by atoms with E-state index in [1.807, 2.05) is 0 Å². The molecule has 0 aliphatic carbocycles. The van der Waals surface area contributed by atoms with Crippen LogP contribution in [-0.2, 0) is 13.1 Å². The second kappa shape index (κ2) is 8.63. The van der Waals surface area contributed by atoms with Gasteiger partial charge < -0.3 is 10.6 Å². The van der Waals surface area contributed by atoms with E-state index in [-0.39, 0.29) is 0 Å². The third-order valence-electron chi connectivity index (χ3n) is 4.70. The van der Waals surface area contributed by atoms with Crippen LogP contribution in [0.5, 0.6) is 0 Å². The molecule has 22 heavy (non-hydrogen) atoms. The lowest BCUT2D eigenvalue weighted by Gasteiger charge is -2.25. The molecule has 122 valence electrons. The molecule has 1 fully saturated rings. The summed E-state index contributed by atoms with van der Waals surface area (Å²) in [5.74, 6) is 0. The number of rotatable bonds is 0. The van der Waals surface area contributed by atoms with E-state index in [1.54, 1.807) is 0 Å². The van der Waals surface area contributed by atoms with E-state index in [9.17, 15) is 0 Å². The Balaban J connectivity index is 1.73. The van der Waals surface area contributed by atoms with Crippen molar-refractivity contribution < 1.29 is 0 Å². The summed E-state index contributed by atoms with van der Waals surface area (Å²) < 4.78 is 0. The SMILES string of the molecule is c1cc2ccc1CN1CCCN(CCNCCCNCC1)C2. The third kappa shape index (κ3) is 5.06. The van der Waals surface area contributed by atoms with Gasteiger partial charge in [-0.25, -0.2) is 0 Å². The standard InChI is InChI=1S/C18H30N4/c1-7-19-9-13-21-11-2-12-22(14-10-20-8-1)16-18-4-3-17(15-21)5-6-18/h3-6,19-20H,1-2,7-16H2. The van der Waals surface area contributed by atoms with E-state index in [0.717, 1.165) is 52.4 Å². The Bertz CT molecular complexity index is 392. The number of fused-ring (bicyclic) bond motifs is 2. The summed E-state index contributed by atoms with van der Waals surface area (Å²) in [6, 6.07) is 9.26. The van der Waals surface area contributed by atoms with Gasteiger partial charge in [-0.3, -0.25) is 9.80 Å². The van der Waals surface area contributed by atoms with E-state index < -0.39 is 0 Å². The number of nitrogens with one attached hydrogen (secondary N) is 2. The lowest BCUT2D eigenvalue weighted by atomic mass is 10.1. The van der Waals surface area contributed by atoms with Crippen LogP contribution in [0.1, 0.15) is 24.0 Å². The molecule has 1 saturated heterocycles. The molecule has 4 rings (SSSR count). The first kappa shape index (κ1) is 15.9. The van der Waals surface area contributed by atoms with Gasteiger partial charge in [0.15, 0.2) is 0 Å². The first-order valence-corrected chi connectivity index (χ1v) is 8.84. The van der Waals surface area contributed by atoms with Crippen LogP contribution in [0.4, 0.5) is 0 Å². The number of benzene rings is 1. The Morgan fingerprint density at radius 3 is 1.59 bits per heavy atom. The van der Waals surface area contributed by atoms with Gasteiger partial charge in [-0.1, -0.05) is 24.3 Å². The number of hydrogen-bond acceptors (Lipinski definition) is 4. The summed E-state index contributed by atoms with van der Waals surface area (Å²) in [5, 5.41) is 7.16. The highest BCUT2D eigenvalue weighted by Crippen LogP contribution is 2.12. The van der Waals surface area contributed by atoms with Crippen LogP contribution in [0.3, 0.4) is 0 Å². The van der Waals surface area contributed by atoms with Crippen molar-refractivity contribution in [1.29, 1.82) is 0 Å². The Morgan fingerprint density at radius 2 is 1.09 bits per heavy atom. The molecule has 4 bridgehead atoms. The Morgan fingerprint density at radius 1 is 0.591 bits per heavy atom. The molecule has 4 heteroatoms. The molecular weight excluding hydrogens is 272 g/mol. The number of hydrogen-bond donors (Lipinski definition) is 2. The van der Waals surface area contributed by atoms with Crippen LogP contribution in [-0.4, -0.2) is 62.2 Å². The van der Waals surface area contributed by atoms with Crippen molar-refractivity contribution in [2.75, 3.05) is 52.4 Å². The second-order valence-corrected chi connectivity index (χ2v) is 6.58. The van der Waals surface area contributed by atoms with Crippen LogP contribution in [0, 0.1) is 0 Å².